The third-order valence-electron chi connectivity index (χ3n) is 2.08. The van der Waals surface area contributed by atoms with Crippen LogP contribution in [0.25, 0.3) is 0 Å². The highest BCUT2D eigenvalue weighted by molar-refractivity contribution is 5.65. The molecule has 1 saturated heterocycles. The molecule has 0 aromatic heterocycles. The van der Waals surface area contributed by atoms with Crippen LogP contribution in [0.1, 0.15) is 19.8 Å². The summed E-state index contributed by atoms with van der Waals surface area (Å²) in [4.78, 5) is 12.6. The summed E-state index contributed by atoms with van der Waals surface area (Å²) in [5.74, 6) is -0.218. The topological polar surface area (TPSA) is 55.6 Å². The highest BCUT2D eigenvalue weighted by atomic mass is 16.5. The first kappa shape index (κ1) is 9.48. The lowest BCUT2D eigenvalue weighted by molar-refractivity contribution is -0.146. The highest BCUT2D eigenvalue weighted by Gasteiger charge is 2.15. The monoisotopic (exact) mass is 172 g/mol. The van der Waals surface area contributed by atoms with Crippen molar-refractivity contribution in [3.05, 3.63) is 0 Å². The molecule has 1 rings (SSSR count). The van der Waals surface area contributed by atoms with Gasteiger partial charge in [-0.15, -0.1) is 0 Å². The molecule has 4 heteroatoms. The third-order valence-corrected chi connectivity index (χ3v) is 2.08. The van der Waals surface area contributed by atoms with Gasteiger partial charge in [0.05, 0.1) is 0 Å². The minimum absolute atomic E-state index is 0.218. The van der Waals surface area contributed by atoms with Crippen molar-refractivity contribution in [3.8, 4) is 0 Å². The number of hydrogen-bond donors (Lipinski definition) is 1. The summed E-state index contributed by atoms with van der Waals surface area (Å²) in [5, 5.41) is 0. The number of nitrogens with zero attached hydrogens (tertiary/aromatic N) is 1. The first-order valence-corrected chi connectivity index (χ1v) is 4.30. The predicted octanol–water partition coefficient (Wildman–Crippen LogP) is -0.0699. The minimum atomic E-state index is -0.218. The van der Waals surface area contributed by atoms with E-state index in [9.17, 15) is 4.79 Å². The van der Waals surface area contributed by atoms with Crippen LogP contribution in [0, 0.1) is 0 Å². The lowest BCUT2D eigenvalue weighted by Crippen LogP contribution is -2.40. The zero-order chi connectivity index (χ0) is 8.97. The molecule has 4 nitrogen and oxygen atoms in total. The fourth-order valence-corrected chi connectivity index (χ4v) is 1.26. The van der Waals surface area contributed by atoms with Gasteiger partial charge in [-0.25, -0.2) is 0 Å². The fourth-order valence-electron chi connectivity index (χ4n) is 1.26. The largest absolute Gasteiger partial charge is 0.450 e. The number of hydrogen-bond acceptors (Lipinski definition) is 4. The van der Waals surface area contributed by atoms with Crippen LogP contribution >= 0.6 is 0 Å². The maximum atomic E-state index is 10.5. The molecule has 0 amide bonds. The van der Waals surface area contributed by atoms with E-state index in [2.05, 4.69) is 4.90 Å². The lowest BCUT2D eigenvalue weighted by Gasteiger charge is -2.29. The van der Waals surface area contributed by atoms with Crippen molar-refractivity contribution in [3.63, 3.8) is 0 Å². The van der Waals surface area contributed by atoms with Crippen molar-refractivity contribution < 1.29 is 9.53 Å². The van der Waals surface area contributed by atoms with E-state index in [1.165, 1.54) is 6.92 Å². The summed E-state index contributed by atoms with van der Waals surface area (Å²) in [6, 6.07) is 0.332. The molecular formula is C8H16N2O2. The molecule has 1 aliphatic rings. The van der Waals surface area contributed by atoms with Gasteiger partial charge < -0.3 is 10.5 Å². The van der Waals surface area contributed by atoms with Crippen LogP contribution in [0.15, 0.2) is 0 Å². The molecule has 0 radical (unpaired) electrons. The highest BCUT2D eigenvalue weighted by Crippen LogP contribution is 2.07. The molecule has 1 heterocycles. The van der Waals surface area contributed by atoms with E-state index in [0.717, 1.165) is 25.9 Å². The number of carbonyl (C=O) groups excluding carboxylic acids is 1. The normalized spacial score (nSPS) is 20.8. The van der Waals surface area contributed by atoms with Crippen LogP contribution in [0.3, 0.4) is 0 Å². The summed E-state index contributed by atoms with van der Waals surface area (Å²) in [6.07, 6.45) is 2.00. The Morgan fingerprint density at radius 3 is 2.67 bits per heavy atom. The first-order valence-electron chi connectivity index (χ1n) is 4.30. The van der Waals surface area contributed by atoms with Gasteiger partial charge in [-0.05, 0) is 12.8 Å². The molecular weight excluding hydrogens is 156 g/mol. The number of ether oxygens (including phenoxy) is 1. The average molecular weight is 172 g/mol. The summed E-state index contributed by atoms with van der Waals surface area (Å²) in [7, 11) is 0. The smallest absolute Gasteiger partial charge is 0.303 e. The standard InChI is InChI=1S/C8H16N2O2/c1-7(11)12-6-10-4-2-8(9)3-5-10/h8H,2-6,9H2,1H3. The van der Waals surface area contributed by atoms with Crippen molar-refractivity contribution >= 4 is 5.97 Å². The van der Waals surface area contributed by atoms with E-state index < -0.39 is 0 Å². The summed E-state index contributed by atoms with van der Waals surface area (Å²) in [5.41, 5.74) is 5.72. The SMILES string of the molecule is CC(=O)OCN1CCC(N)CC1. The Kier molecular flexibility index (Phi) is 3.49. The van der Waals surface area contributed by atoms with Crippen molar-refractivity contribution in [1.29, 1.82) is 0 Å². The van der Waals surface area contributed by atoms with Crippen molar-refractivity contribution in [2.45, 2.75) is 25.8 Å². The molecule has 70 valence electrons. The summed E-state index contributed by atoms with van der Waals surface area (Å²) < 4.78 is 4.86. The Labute approximate surface area is 72.7 Å². The van der Waals surface area contributed by atoms with Crippen molar-refractivity contribution in [2.24, 2.45) is 5.73 Å². The van der Waals surface area contributed by atoms with Crippen molar-refractivity contribution in [2.75, 3.05) is 19.8 Å². The average Bonchev–Trinajstić information content (AvgIpc) is 2.03. The van der Waals surface area contributed by atoms with E-state index in [1.54, 1.807) is 0 Å². The number of esters is 1. The van der Waals surface area contributed by atoms with E-state index in [1.807, 2.05) is 0 Å². The van der Waals surface area contributed by atoms with E-state index in [4.69, 9.17) is 10.5 Å². The van der Waals surface area contributed by atoms with Gasteiger partial charge in [-0.2, -0.15) is 0 Å². The fraction of sp³-hybridized carbons (Fsp3) is 0.875. The lowest BCUT2D eigenvalue weighted by atomic mass is 10.1. The zero-order valence-corrected chi connectivity index (χ0v) is 7.45. The molecule has 0 bridgehead atoms. The molecule has 1 fully saturated rings. The number of piperidine rings is 1. The maximum Gasteiger partial charge on any atom is 0.303 e. The van der Waals surface area contributed by atoms with Crippen LogP contribution in [-0.4, -0.2) is 36.7 Å². The number of nitrogens with two attached hydrogens (primary N) is 1. The Bertz CT molecular complexity index is 153. The second kappa shape index (κ2) is 4.42. The number of carbonyl (C=O) groups is 1. The van der Waals surface area contributed by atoms with E-state index >= 15 is 0 Å². The molecule has 2 N–H and O–H groups in total. The Morgan fingerprint density at radius 1 is 1.58 bits per heavy atom. The van der Waals surface area contributed by atoms with Gasteiger partial charge in [-0.3, -0.25) is 9.69 Å². The minimum Gasteiger partial charge on any atom is -0.450 e. The molecule has 12 heavy (non-hydrogen) atoms. The van der Waals surface area contributed by atoms with Crippen LogP contribution in [0.4, 0.5) is 0 Å². The molecule has 0 spiro atoms. The number of likely N-dealkylation sites (tertiary alicyclic amines) is 1. The molecule has 0 atom stereocenters. The van der Waals surface area contributed by atoms with Gasteiger partial charge in [0, 0.05) is 26.1 Å². The van der Waals surface area contributed by atoms with Gasteiger partial charge in [0.15, 0.2) is 0 Å². The Morgan fingerprint density at radius 2 is 2.17 bits per heavy atom. The van der Waals surface area contributed by atoms with Gasteiger partial charge in [-0.1, -0.05) is 0 Å². The zero-order valence-electron chi connectivity index (χ0n) is 7.45. The predicted molar refractivity (Wildman–Crippen MR) is 45.4 cm³/mol. The third kappa shape index (κ3) is 3.19. The molecule has 1 aliphatic heterocycles. The Hall–Kier alpha value is -0.610. The van der Waals surface area contributed by atoms with E-state index in [0.29, 0.717) is 12.8 Å². The van der Waals surface area contributed by atoms with Gasteiger partial charge in [0.1, 0.15) is 6.73 Å². The Balaban J connectivity index is 2.13. The molecule has 0 aromatic carbocycles. The number of rotatable bonds is 2. The van der Waals surface area contributed by atoms with Gasteiger partial charge in [0.2, 0.25) is 0 Å². The maximum absolute atomic E-state index is 10.5. The van der Waals surface area contributed by atoms with E-state index in [-0.39, 0.29) is 5.97 Å². The molecule has 0 aromatic rings. The van der Waals surface area contributed by atoms with Gasteiger partial charge >= 0.3 is 5.97 Å². The van der Waals surface area contributed by atoms with Crippen LogP contribution in [0.5, 0.6) is 0 Å². The quantitative estimate of drug-likeness (QED) is 0.592. The van der Waals surface area contributed by atoms with Crippen LogP contribution in [-0.2, 0) is 9.53 Å². The molecule has 0 saturated carbocycles. The second-order valence-electron chi connectivity index (χ2n) is 3.22. The van der Waals surface area contributed by atoms with Crippen LogP contribution < -0.4 is 5.73 Å². The first-order chi connectivity index (χ1) is 5.68. The van der Waals surface area contributed by atoms with Crippen LogP contribution in [0.2, 0.25) is 0 Å². The second-order valence-corrected chi connectivity index (χ2v) is 3.22. The summed E-state index contributed by atoms with van der Waals surface area (Å²) in [6.45, 7) is 3.72. The molecule has 0 aliphatic carbocycles. The summed E-state index contributed by atoms with van der Waals surface area (Å²) >= 11 is 0. The molecule has 0 unspecified atom stereocenters. The van der Waals surface area contributed by atoms with Gasteiger partial charge in [0.25, 0.3) is 0 Å². The van der Waals surface area contributed by atoms with Crippen molar-refractivity contribution in [1.82, 2.24) is 4.90 Å².